The predicted octanol–water partition coefficient (Wildman–Crippen LogP) is 2.78. The van der Waals surface area contributed by atoms with E-state index in [0.29, 0.717) is 23.2 Å². The van der Waals surface area contributed by atoms with Gasteiger partial charge in [-0.15, -0.1) is 0 Å². The van der Waals surface area contributed by atoms with Gasteiger partial charge in [-0.2, -0.15) is 0 Å². The summed E-state index contributed by atoms with van der Waals surface area (Å²) in [6.07, 6.45) is 2.37. The fourth-order valence-electron chi connectivity index (χ4n) is 1.55. The highest BCUT2D eigenvalue weighted by Crippen LogP contribution is 2.21. The normalized spacial score (nSPS) is 16.4. The van der Waals surface area contributed by atoms with E-state index in [1.54, 1.807) is 18.2 Å². The average Bonchev–Trinajstić information content (AvgIpc) is 3.09. The van der Waals surface area contributed by atoms with Crippen LogP contribution in [0.25, 0.3) is 0 Å². The molecule has 3 nitrogen and oxygen atoms in total. The molecular formula is C13H16ClNO2. The zero-order chi connectivity index (χ0) is 12.3. The van der Waals surface area contributed by atoms with E-state index in [0.717, 1.165) is 12.8 Å². The molecule has 1 aliphatic carbocycles. The molecule has 0 spiro atoms. The van der Waals surface area contributed by atoms with E-state index in [1.165, 1.54) is 0 Å². The van der Waals surface area contributed by atoms with E-state index in [1.807, 2.05) is 13.0 Å². The molecule has 4 heteroatoms. The van der Waals surface area contributed by atoms with Crippen LogP contribution in [0.2, 0.25) is 5.02 Å². The fourth-order valence-corrected chi connectivity index (χ4v) is 1.73. The monoisotopic (exact) mass is 253 g/mol. The van der Waals surface area contributed by atoms with Crippen LogP contribution >= 0.6 is 11.6 Å². The molecule has 0 radical (unpaired) electrons. The Kier molecular flexibility index (Phi) is 3.89. The quantitative estimate of drug-likeness (QED) is 0.876. The molecule has 17 heavy (non-hydrogen) atoms. The second-order valence-corrected chi connectivity index (χ2v) is 4.69. The maximum Gasteiger partial charge on any atom is 0.261 e. The lowest BCUT2D eigenvalue weighted by Gasteiger charge is -2.17. The molecule has 0 aromatic heterocycles. The summed E-state index contributed by atoms with van der Waals surface area (Å²) in [6, 6.07) is 7.47. The molecule has 1 amide bonds. The summed E-state index contributed by atoms with van der Waals surface area (Å²) in [6.45, 7) is 1.93. The molecule has 1 aromatic carbocycles. The van der Waals surface area contributed by atoms with E-state index in [9.17, 15) is 4.79 Å². The maximum atomic E-state index is 11.8. The van der Waals surface area contributed by atoms with Crippen molar-refractivity contribution in [2.24, 2.45) is 0 Å². The summed E-state index contributed by atoms with van der Waals surface area (Å²) in [7, 11) is 0. The molecule has 92 valence electrons. The van der Waals surface area contributed by atoms with Gasteiger partial charge in [-0.05, 0) is 37.5 Å². The van der Waals surface area contributed by atoms with Crippen molar-refractivity contribution in [1.29, 1.82) is 0 Å². The molecule has 0 bridgehead atoms. The van der Waals surface area contributed by atoms with Gasteiger partial charge in [0.2, 0.25) is 0 Å². The van der Waals surface area contributed by atoms with Crippen molar-refractivity contribution in [3.8, 4) is 5.75 Å². The Morgan fingerprint density at radius 1 is 1.59 bits per heavy atom. The van der Waals surface area contributed by atoms with Crippen molar-refractivity contribution >= 4 is 17.5 Å². The highest BCUT2D eigenvalue weighted by atomic mass is 35.5. The lowest BCUT2D eigenvalue weighted by Crippen LogP contribution is -2.39. The number of halogens is 1. The minimum absolute atomic E-state index is 0.0324. The van der Waals surface area contributed by atoms with Crippen molar-refractivity contribution in [3.05, 3.63) is 29.3 Å². The van der Waals surface area contributed by atoms with Gasteiger partial charge in [0.25, 0.3) is 5.91 Å². The summed E-state index contributed by atoms with van der Waals surface area (Å²) in [4.78, 5) is 11.8. The standard InChI is InChI=1S/C13H16ClNO2/c1-2-12(13(16)15-10-6-7-10)17-11-5-3-4-9(14)8-11/h3-5,8,10,12H,2,6-7H2,1H3,(H,15,16). The number of carbonyl (C=O) groups is 1. The SMILES string of the molecule is CCC(Oc1cccc(Cl)c1)C(=O)NC1CC1. The molecule has 1 unspecified atom stereocenters. The molecule has 0 aliphatic heterocycles. The van der Waals surface area contributed by atoms with E-state index < -0.39 is 6.10 Å². The van der Waals surface area contributed by atoms with Crippen LogP contribution in [-0.4, -0.2) is 18.1 Å². The molecular weight excluding hydrogens is 238 g/mol. The number of hydrogen-bond donors (Lipinski definition) is 1. The van der Waals surface area contributed by atoms with E-state index in [4.69, 9.17) is 16.3 Å². The smallest absolute Gasteiger partial charge is 0.261 e. The van der Waals surface area contributed by atoms with Gasteiger partial charge in [0.1, 0.15) is 5.75 Å². The van der Waals surface area contributed by atoms with Crippen LogP contribution in [0.1, 0.15) is 26.2 Å². The van der Waals surface area contributed by atoms with Crippen molar-refractivity contribution in [2.75, 3.05) is 0 Å². The second-order valence-electron chi connectivity index (χ2n) is 4.25. The lowest BCUT2D eigenvalue weighted by molar-refractivity contribution is -0.128. The molecule has 1 N–H and O–H groups in total. The third-order valence-electron chi connectivity index (χ3n) is 2.66. The van der Waals surface area contributed by atoms with Gasteiger partial charge in [-0.25, -0.2) is 0 Å². The molecule has 2 rings (SSSR count). The minimum Gasteiger partial charge on any atom is -0.481 e. The van der Waals surface area contributed by atoms with Crippen molar-refractivity contribution in [3.63, 3.8) is 0 Å². The van der Waals surface area contributed by atoms with Crippen molar-refractivity contribution in [2.45, 2.75) is 38.3 Å². The first-order valence-corrected chi connectivity index (χ1v) is 6.29. The molecule has 0 heterocycles. The van der Waals surface area contributed by atoms with Crippen molar-refractivity contribution < 1.29 is 9.53 Å². The third kappa shape index (κ3) is 3.63. The Hall–Kier alpha value is -1.22. The van der Waals surface area contributed by atoms with E-state index in [2.05, 4.69) is 5.32 Å². The van der Waals surface area contributed by atoms with E-state index in [-0.39, 0.29) is 5.91 Å². The molecule has 1 fully saturated rings. The fraction of sp³-hybridized carbons (Fsp3) is 0.462. The number of ether oxygens (including phenoxy) is 1. The van der Waals surface area contributed by atoms with E-state index >= 15 is 0 Å². The topological polar surface area (TPSA) is 38.3 Å². The van der Waals surface area contributed by atoms with Crippen LogP contribution in [0.5, 0.6) is 5.75 Å². The van der Waals surface area contributed by atoms with Crippen LogP contribution in [0, 0.1) is 0 Å². The minimum atomic E-state index is -0.436. The number of amides is 1. The summed E-state index contributed by atoms with van der Waals surface area (Å²) < 4.78 is 5.64. The summed E-state index contributed by atoms with van der Waals surface area (Å²) in [5.41, 5.74) is 0. The van der Waals surface area contributed by atoms with Gasteiger partial charge in [0, 0.05) is 11.1 Å². The summed E-state index contributed by atoms with van der Waals surface area (Å²) >= 11 is 5.86. The molecule has 1 atom stereocenters. The Morgan fingerprint density at radius 2 is 2.35 bits per heavy atom. The van der Waals surface area contributed by atoms with Gasteiger partial charge in [-0.3, -0.25) is 4.79 Å². The molecule has 1 aliphatic rings. The number of hydrogen-bond acceptors (Lipinski definition) is 2. The third-order valence-corrected chi connectivity index (χ3v) is 2.90. The zero-order valence-electron chi connectivity index (χ0n) is 9.78. The average molecular weight is 254 g/mol. The Morgan fingerprint density at radius 3 is 2.94 bits per heavy atom. The van der Waals surface area contributed by atoms with Gasteiger partial charge in [0.05, 0.1) is 0 Å². The first-order valence-electron chi connectivity index (χ1n) is 5.91. The lowest BCUT2D eigenvalue weighted by atomic mass is 10.2. The predicted molar refractivity (Wildman–Crippen MR) is 67.3 cm³/mol. The second kappa shape index (κ2) is 5.41. The first-order chi connectivity index (χ1) is 8.19. The largest absolute Gasteiger partial charge is 0.481 e. The molecule has 1 aromatic rings. The molecule has 1 saturated carbocycles. The number of carbonyl (C=O) groups excluding carboxylic acids is 1. The first kappa shape index (κ1) is 12.2. The Bertz CT molecular complexity index is 404. The van der Waals surface area contributed by atoms with Crippen LogP contribution < -0.4 is 10.1 Å². The maximum absolute atomic E-state index is 11.8. The van der Waals surface area contributed by atoms with Gasteiger partial charge in [0.15, 0.2) is 6.10 Å². The van der Waals surface area contributed by atoms with Crippen LogP contribution in [-0.2, 0) is 4.79 Å². The zero-order valence-corrected chi connectivity index (χ0v) is 10.5. The highest BCUT2D eigenvalue weighted by Gasteiger charge is 2.27. The van der Waals surface area contributed by atoms with Gasteiger partial charge >= 0.3 is 0 Å². The van der Waals surface area contributed by atoms with Gasteiger partial charge < -0.3 is 10.1 Å². The molecule has 0 saturated heterocycles. The Balaban J connectivity index is 1.95. The van der Waals surface area contributed by atoms with Crippen LogP contribution in [0.4, 0.5) is 0 Å². The van der Waals surface area contributed by atoms with Gasteiger partial charge in [-0.1, -0.05) is 24.6 Å². The number of nitrogens with one attached hydrogen (secondary N) is 1. The van der Waals surface area contributed by atoms with Crippen LogP contribution in [0.3, 0.4) is 0 Å². The number of rotatable bonds is 5. The summed E-state index contributed by atoms with van der Waals surface area (Å²) in [5, 5.41) is 3.55. The Labute approximate surface area is 106 Å². The van der Waals surface area contributed by atoms with Crippen LogP contribution in [0.15, 0.2) is 24.3 Å². The highest BCUT2D eigenvalue weighted by molar-refractivity contribution is 6.30. The van der Waals surface area contributed by atoms with Crippen molar-refractivity contribution in [1.82, 2.24) is 5.32 Å². The summed E-state index contributed by atoms with van der Waals surface area (Å²) in [5.74, 6) is 0.602. The number of benzene rings is 1.